The van der Waals surface area contributed by atoms with Gasteiger partial charge in [0, 0.05) is 0 Å². The van der Waals surface area contributed by atoms with Crippen LogP contribution in [0.5, 0.6) is 5.75 Å². The molecule has 2 N–H and O–H groups in total. The molecular formula is C14H11NO5. The summed E-state index contributed by atoms with van der Waals surface area (Å²) < 4.78 is 5.08. The maximum absolute atomic E-state index is 11.0. The molecule has 102 valence electrons. The molecule has 20 heavy (non-hydrogen) atoms. The summed E-state index contributed by atoms with van der Waals surface area (Å²) in [5, 5.41) is 18.0. The summed E-state index contributed by atoms with van der Waals surface area (Å²) in [5.41, 5.74) is 0.468. The Morgan fingerprint density at radius 2 is 1.60 bits per heavy atom. The minimum atomic E-state index is -1.28. The number of methoxy groups -OCH3 is 1. The molecule has 0 bridgehead atoms. The SMILES string of the molecule is COc1cccc(-c2cc(C(=O)O)nc(C(=O)O)c2)c1. The van der Waals surface area contributed by atoms with Crippen LogP contribution >= 0.6 is 0 Å². The number of ether oxygens (including phenoxy) is 1. The number of benzene rings is 1. The van der Waals surface area contributed by atoms with E-state index in [0.29, 0.717) is 16.9 Å². The predicted octanol–water partition coefficient (Wildman–Crippen LogP) is 2.15. The van der Waals surface area contributed by atoms with Crippen molar-refractivity contribution in [2.45, 2.75) is 0 Å². The van der Waals surface area contributed by atoms with Crippen LogP contribution in [0.25, 0.3) is 11.1 Å². The van der Waals surface area contributed by atoms with Gasteiger partial charge in [-0.1, -0.05) is 12.1 Å². The average Bonchev–Trinajstić information content (AvgIpc) is 2.46. The van der Waals surface area contributed by atoms with Crippen molar-refractivity contribution in [2.24, 2.45) is 0 Å². The lowest BCUT2D eigenvalue weighted by Crippen LogP contribution is -2.07. The van der Waals surface area contributed by atoms with E-state index in [4.69, 9.17) is 14.9 Å². The van der Waals surface area contributed by atoms with Crippen molar-refractivity contribution in [3.63, 3.8) is 0 Å². The Bertz CT molecular complexity index is 649. The Hall–Kier alpha value is -2.89. The third kappa shape index (κ3) is 2.74. The number of carbonyl (C=O) groups is 2. The normalized spacial score (nSPS) is 10.1. The maximum atomic E-state index is 11.0. The fraction of sp³-hybridized carbons (Fsp3) is 0.0714. The van der Waals surface area contributed by atoms with Crippen LogP contribution in [0.3, 0.4) is 0 Å². The van der Waals surface area contributed by atoms with Crippen molar-refractivity contribution in [3.8, 4) is 16.9 Å². The molecule has 0 unspecified atom stereocenters. The summed E-state index contributed by atoms with van der Waals surface area (Å²) in [5.74, 6) is -1.97. The molecule has 0 atom stereocenters. The van der Waals surface area contributed by atoms with Gasteiger partial charge in [-0.2, -0.15) is 0 Å². The van der Waals surface area contributed by atoms with E-state index in [1.54, 1.807) is 24.3 Å². The molecule has 0 aliphatic heterocycles. The molecule has 1 aromatic heterocycles. The summed E-state index contributed by atoms with van der Waals surface area (Å²) in [7, 11) is 1.51. The highest BCUT2D eigenvalue weighted by atomic mass is 16.5. The van der Waals surface area contributed by atoms with E-state index in [2.05, 4.69) is 4.98 Å². The lowest BCUT2D eigenvalue weighted by Gasteiger charge is -2.07. The van der Waals surface area contributed by atoms with Crippen LogP contribution in [0.2, 0.25) is 0 Å². The van der Waals surface area contributed by atoms with Gasteiger partial charge in [0.1, 0.15) is 17.1 Å². The van der Waals surface area contributed by atoms with E-state index in [0.717, 1.165) is 0 Å². The lowest BCUT2D eigenvalue weighted by atomic mass is 10.0. The number of nitrogens with zero attached hydrogens (tertiary/aromatic N) is 1. The largest absolute Gasteiger partial charge is 0.497 e. The summed E-state index contributed by atoms with van der Waals surface area (Å²) in [6.45, 7) is 0. The number of carboxylic acid groups (broad SMARTS) is 2. The number of rotatable bonds is 4. The minimum absolute atomic E-state index is 0.317. The summed E-state index contributed by atoms with van der Waals surface area (Å²) in [4.78, 5) is 25.6. The third-order valence-electron chi connectivity index (χ3n) is 2.67. The van der Waals surface area contributed by atoms with E-state index >= 15 is 0 Å². The number of aromatic nitrogens is 1. The van der Waals surface area contributed by atoms with E-state index in [9.17, 15) is 9.59 Å². The molecule has 0 saturated carbocycles. The van der Waals surface area contributed by atoms with E-state index in [1.807, 2.05) is 0 Å². The van der Waals surface area contributed by atoms with E-state index in [1.165, 1.54) is 19.2 Å². The highest BCUT2D eigenvalue weighted by Crippen LogP contribution is 2.25. The predicted molar refractivity (Wildman–Crippen MR) is 70.1 cm³/mol. The molecule has 0 spiro atoms. The van der Waals surface area contributed by atoms with Crippen LogP contribution in [-0.4, -0.2) is 34.2 Å². The van der Waals surface area contributed by atoms with E-state index in [-0.39, 0.29) is 11.4 Å². The smallest absolute Gasteiger partial charge is 0.354 e. The first-order chi connectivity index (χ1) is 9.51. The van der Waals surface area contributed by atoms with Gasteiger partial charge in [-0.3, -0.25) is 0 Å². The third-order valence-corrected chi connectivity index (χ3v) is 2.67. The molecule has 0 aliphatic rings. The highest BCUT2D eigenvalue weighted by Gasteiger charge is 2.14. The molecule has 2 rings (SSSR count). The summed E-state index contributed by atoms with van der Waals surface area (Å²) in [6, 6.07) is 9.53. The molecule has 6 nitrogen and oxygen atoms in total. The average molecular weight is 273 g/mol. The molecule has 6 heteroatoms. The van der Waals surface area contributed by atoms with Gasteiger partial charge < -0.3 is 14.9 Å². The fourth-order valence-electron chi connectivity index (χ4n) is 1.72. The van der Waals surface area contributed by atoms with Gasteiger partial charge in [0.2, 0.25) is 0 Å². The molecule has 1 aromatic carbocycles. The fourth-order valence-corrected chi connectivity index (χ4v) is 1.72. The first-order valence-electron chi connectivity index (χ1n) is 5.64. The molecule has 1 heterocycles. The van der Waals surface area contributed by atoms with Gasteiger partial charge in [-0.05, 0) is 35.4 Å². The van der Waals surface area contributed by atoms with Crippen molar-refractivity contribution in [1.82, 2.24) is 4.98 Å². The maximum Gasteiger partial charge on any atom is 0.354 e. The first-order valence-corrected chi connectivity index (χ1v) is 5.64. The van der Waals surface area contributed by atoms with Gasteiger partial charge in [0.05, 0.1) is 7.11 Å². The molecule has 0 amide bonds. The molecule has 0 aliphatic carbocycles. The van der Waals surface area contributed by atoms with Crippen molar-refractivity contribution in [1.29, 1.82) is 0 Å². The van der Waals surface area contributed by atoms with Crippen molar-refractivity contribution in [2.75, 3.05) is 7.11 Å². The molecule has 2 aromatic rings. The van der Waals surface area contributed by atoms with Gasteiger partial charge in [-0.15, -0.1) is 0 Å². The monoisotopic (exact) mass is 273 g/mol. The van der Waals surface area contributed by atoms with Crippen LogP contribution in [0.15, 0.2) is 36.4 Å². The van der Waals surface area contributed by atoms with Gasteiger partial charge in [0.25, 0.3) is 0 Å². The second kappa shape index (κ2) is 5.40. The zero-order valence-electron chi connectivity index (χ0n) is 10.5. The molecule has 0 fully saturated rings. The van der Waals surface area contributed by atoms with Gasteiger partial charge >= 0.3 is 11.9 Å². The highest BCUT2D eigenvalue weighted by molar-refractivity contribution is 5.92. The summed E-state index contributed by atoms with van der Waals surface area (Å²) in [6.07, 6.45) is 0. The standard InChI is InChI=1S/C14H11NO5/c1-20-10-4-2-3-8(5-10)9-6-11(13(16)17)15-12(7-9)14(18)19/h2-7H,1H3,(H,16,17)(H,18,19). The second-order valence-electron chi connectivity index (χ2n) is 3.97. The van der Waals surface area contributed by atoms with E-state index < -0.39 is 11.9 Å². The zero-order valence-corrected chi connectivity index (χ0v) is 10.5. The second-order valence-corrected chi connectivity index (χ2v) is 3.97. The molecule has 0 saturated heterocycles. The van der Waals surface area contributed by atoms with Crippen LogP contribution < -0.4 is 4.74 Å². The molecular weight excluding hydrogens is 262 g/mol. The van der Waals surface area contributed by atoms with Crippen LogP contribution in [-0.2, 0) is 0 Å². The van der Waals surface area contributed by atoms with Gasteiger partial charge in [0.15, 0.2) is 0 Å². The Morgan fingerprint density at radius 1 is 1.00 bits per heavy atom. The zero-order chi connectivity index (χ0) is 14.7. The number of hydrogen-bond acceptors (Lipinski definition) is 4. The van der Waals surface area contributed by atoms with Crippen LogP contribution in [0.4, 0.5) is 0 Å². The number of carboxylic acids is 2. The first kappa shape index (κ1) is 13.5. The minimum Gasteiger partial charge on any atom is -0.497 e. The Labute approximate surface area is 114 Å². The van der Waals surface area contributed by atoms with Crippen LogP contribution in [0.1, 0.15) is 21.0 Å². The lowest BCUT2D eigenvalue weighted by molar-refractivity contribution is 0.0685. The number of hydrogen-bond donors (Lipinski definition) is 2. The Morgan fingerprint density at radius 3 is 2.10 bits per heavy atom. The van der Waals surface area contributed by atoms with Crippen LogP contribution in [0, 0.1) is 0 Å². The van der Waals surface area contributed by atoms with Gasteiger partial charge in [-0.25, -0.2) is 14.6 Å². The quantitative estimate of drug-likeness (QED) is 0.886. The van der Waals surface area contributed by atoms with Crippen molar-refractivity contribution >= 4 is 11.9 Å². The number of aromatic carboxylic acids is 2. The Kier molecular flexibility index (Phi) is 3.65. The molecule has 0 radical (unpaired) electrons. The topological polar surface area (TPSA) is 96.7 Å². The number of pyridine rings is 1. The summed E-state index contributed by atoms with van der Waals surface area (Å²) >= 11 is 0. The van der Waals surface area contributed by atoms with Crippen molar-refractivity contribution in [3.05, 3.63) is 47.8 Å². The Balaban J connectivity index is 2.60. The van der Waals surface area contributed by atoms with Crippen molar-refractivity contribution < 1.29 is 24.5 Å².